The van der Waals surface area contributed by atoms with Gasteiger partial charge in [-0.3, -0.25) is 0 Å². The van der Waals surface area contributed by atoms with Crippen molar-refractivity contribution >= 4 is 5.69 Å². The molecular formula is C18H23NO2. The molecule has 2 N–H and O–H groups in total. The summed E-state index contributed by atoms with van der Waals surface area (Å²) in [5.74, 6) is 0.808. The molecule has 1 unspecified atom stereocenters. The van der Waals surface area contributed by atoms with E-state index in [2.05, 4.69) is 11.4 Å². The molecule has 0 heterocycles. The van der Waals surface area contributed by atoms with Gasteiger partial charge in [-0.1, -0.05) is 24.3 Å². The number of aliphatic hydroxyl groups excluding tert-OH is 1. The maximum atomic E-state index is 10.0. The summed E-state index contributed by atoms with van der Waals surface area (Å²) >= 11 is 0. The van der Waals surface area contributed by atoms with Crippen molar-refractivity contribution in [3.63, 3.8) is 0 Å². The summed E-state index contributed by atoms with van der Waals surface area (Å²) in [5.41, 5.74) is 4.54. The van der Waals surface area contributed by atoms with E-state index in [9.17, 15) is 5.11 Å². The molecule has 0 bridgehead atoms. The number of rotatable bonds is 6. The first kappa shape index (κ1) is 15.4. The predicted molar refractivity (Wildman–Crippen MR) is 87.1 cm³/mol. The highest BCUT2D eigenvalue weighted by Gasteiger charge is 2.06. The van der Waals surface area contributed by atoms with Gasteiger partial charge in [0.25, 0.3) is 0 Å². The van der Waals surface area contributed by atoms with Gasteiger partial charge in [-0.2, -0.15) is 0 Å². The monoisotopic (exact) mass is 285 g/mol. The van der Waals surface area contributed by atoms with Crippen LogP contribution in [0.1, 0.15) is 16.7 Å². The molecule has 3 heteroatoms. The van der Waals surface area contributed by atoms with Gasteiger partial charge in [0.2, 0.25) is 0 Å². The lowest BCUT2D eigenvalue weighted by Gasteiger charge is -2.15. The molecule has 0 aliphatic rings. The Kier molecular flexibility index (Phi) is 5.23. The predicted octanol–water partition coefficient (Wildman–Crippen LogP) is 3.46. The Morgan fingerprint density at radius 1 is 1.05 bits per heavy atom. The first-order valence-electron chi connectivity index (χ1n) is 7.23. The van der Waals surface area contributed by atoms with Crippen molar-refractivity contribution in [1.82, 2.24) is 0 Å². The summed E-state index contributed by atoms with van der Waals surface area (Å²) < 4.78 is 5.66. The molecular weight excluding hydrogens is 262 g/mol. The Morgan fingerprint density at radius 2 is 1.71 bits per heavy atom. The molecule has 0 radical (unpaired) electrons. The minimum absolute atomic E-state index is 0.280. The topological polar surface area (TPSA) is 41.5 Å². The van der Waals surface area contributed by atoms with E-state index in [1.54, 1.807) is 0 Å². The molecule has 3 nitrogen and oxygen atoms in total. The molecule has 0 amide bonds. The first-order valence-corrected chi connectivity index (χ1v) is 7.23. The molecule has 1 atom stereocenters. The lowest BCUT2D eigenvalue weighted by atomic mass is 10.1. The van der Waals surface area contributed by atoms with Crippen LogP contribution in [0, 0.1) is 20.8 Å². The lowest BCUT2D eigenvalue weighted by Crippen LogP contribution is -2.26. The van der Waals surface area contributed by atoms with Crippen LogP contribution in [-0.4, -0.2) is 24.4 Å². The van der Waals surface area contributed by atoms with E-state index in [4.69, 9.17) is 4.74 Å². The second-order valence-electron chi connectivity index (χ2n) is 5.48. The van der Waals surface area contributed by atoms with Crippen molar-refractivity contribution in [3.8, 4) is 5.75 Å². The molecule has 21 heavy (non-hydrogen) atoms. The Morgan fingerprint density at radius 3 is 2.38 bits per heavy atom. The average Bonchev–Trinajstić information content (AvgIpc) is 2.43. The number of benzene rings is 2. The summed E-state index contributed by atoms with van der Waals surface area (Å²) in [6.07, 6.45) is -0.551. The Labute approximate surface area is 126 Å². The third kappa shape index (κ3) is 4.80. The smallest absolute Gasteiger partial charge is 0.119 e. The van der Waals surface area contributed by atoms with Gasteiger partial charge >= 0.3 is 0 Å². The minimum Gasteiger partial charge on any atom is -0.491 e. The van der Waals surface area contributed by atoms with Crippen LogP contribution in [0.5, 0.6) is 5.75 Å². The molecule has 0 saturated heterocycles. The molecule has 2 rings (SSSR count). The van der Waals surface area contributed by atoms with Crippen LogP contribution in [0.4, 0.5) is 5.69 Å². The fourth-order valence-corrected chi connectivity index (χ4v) is 2.27. The van der Waals surface area contributed by atoms with Crippen LogP contribution >= 0.6 is 0 Å². The molecule has 0 spiro atoms. The van der Waals surface area contributed by atoms with Gasteiger partial charge < -0.3 is 15.2 Å². The van der Waals surface area contributed by atoms with Gasteiger partial charge in [0.1, 0.15) is 18.5 Å². The maximum Gasteiger partial charge on any atom is 0.119 e. The van der Waals surface area contributed by atoms with Crippen LogP contribution in [0.3, 0.4) is 0 Å². The zero-order valence-corrected chi connectivity index (χ0v) is 12.9. The van der Waals surface area contributed by atoms with Gasteiger partial charge in [-0.25, -0.2) is 0 Å². The van der Waals surface area contributed by atoms with E-state index >= 15 is 0 Å². The quantitative estimate of drug-likeness (QED) is 0.854. The summed E-state index contributed by atoms with van der Waals surface area (Å²) in [6, 6.07) is 14.1. The number of ether oxygens (including phenoxy) is 1. The highest BCUT2D eigenvalue weighted by atomic mass is 16.5. The van der Waals surface area contributed by atoms with Crippen LogP contribution in [-0.2, 0) is 0 Å². The van der Waals surface area contributed by atoms with Crippen molar-refractivity contribution in [2.45, 2.75) is 26.9 Å². The minimum atomic E-state index is -0.551. The first-order chi connectivity index (χ1) is 10.0. The second-order valence-corrected chi connectivity index (χ2v) is 5.48. The average molecular weight is 285 g/mol. The standard InChI is InChI=1S/C18H23NO2/c1-13-8-14(2)10-17(9-13)21-12-16(20)11-19-18-7-5-4-6-15(18)3/h4-10,16,19-20H,11-12H2,1-3H3. The fourth-order valence-electron chi connectivity index (χ4n) is 2.27. The maximum absolute atomic E-state index is 10.0. The molecule has 0 saturated carbocycles. The molecule has 2 aromatic rings. The third-order valence-corrected chi connectivity index (χ3v) is 3.31. The largest absolute Gasteiger partial charge is 0.491 e. The number of para-hydroxylation sites is 1. The van der Waals surface area contributed by atoms with Crippen LogP contribution in [0.15, 0.2) is 42.5 Å². The molecule has 0 fully saturated rings. The normalized spacial score (nSPS) is 12.0. The van der Waals surface area contributed by atoms with Crippen molar-refractivity contribution in [3.05, 3.63) is 59.2 Å². The van der Waals surface area contributed by atoms with E-state index < -0.39 is 6.10 Å². The number of anilines is 1. The summed E-state index contributed by atoms with van der Waals surface area (Å²) in [5, 5.41) is 13.3. The Balaban J connectivity index is 1.82. The SMILES string of the molecule is Cc1cc(C)cc(OCC(O)CNc2ccccc2C)c1. The van der Waals surface area contributed by atoms with E-state index in [0.717, 1.165) is 22.6 Å². The van der Waals surface area contributed by atoms with Gasteiger partial charge in [-0.15, -0.1) is 0 Å². The summed E-state index contributed by atoms with van der Waals surface area (Å²) in [6.45, 7) is 6.87. The molecule has 2 aromatic carbocycles. The number of nitrogens with one attached hydrogen (secondary N) is 1. The van der Waals surface area contributed by atoms with E-state index in [-0.39, 0.29) is 6.61 Å². The number of hydrogen-bond donors (Lipinski definition) is 2. The molecule has 112 valence electrons. The van der Waals surface area contributed by atoms with Gasteiger partial charge in [0.05, 0.1) is 0 Å². The van der Waals surface area contributed by atoms with Crippen LogP contribution < -0.4 is 10.1 Å². The third-order valence-electron chi connectivity index (χ3n) is 3.31. The van der Waals surface area contributed by atoms with Gasteiger partial charge in [0.15, 0.2) is 0 Å². The lowest BCUT2D eigenvalue weighted by molar-refractivity contribution is 0.117. The zero-order valence-electron chi connectivity index (χ0n) is 12.9. The van der Waals surface area contributed by atoms with E-state index in [0.29, 0.717) is 6.54 Å². The van der Waals surface area contributed by atoms with Crippen LogP contribution in [0.25, 0.3) is 0 Å². The van der Waals surface area contributed by atoms with Crippen LogP contribution in [0.2, 0.25) is 0 Å². The number of aliphatic hydroxyl groups is 1. The van der Waals surface area contributed by atoms with Gasteiger partial charge in [0, 0.05) is 12.2 Å². The van der Waals surface area contributed by atoms with Gasteiger partial charge in [-0.05, 0) is 55.7 Å². The molecule has 0 aliphatic heterocycles. The fraction of sp³-hybridized carbons (Fsp3) is 0.333. The summed E-state index contributed by atoms with van der Waals surface area (Å²) in [4.78, 5) is 0. The van der Waals surface area contributed by atoms with E-state index in [1.807, 2.05) is 57.2 Å². The Hall–Kier alpha value is -2.00. The van der Waals surface area contributed by atoms with Crippen molar-refractivity contribution in [2.24, 2.45) is 0 Å². The zero-order chi connectivity index (χ0) is 15.2. The van der Waals surface area contributed by atoms with E-state index in [1.165, 1.54) is 5.56 Å². The highest BCUT2D eigenvalue weighted by Crippen LogP contribution is 2.17. The molecule has 0 aliphatic carbocycles. The van der Waals surface area contributed by atoms with Crippen molar-refractivity contribution < 1.29 is 9.84 Å². The molecule has 0 aromatic heterocycles. The van der Waals surface area contributed by atoms with Crippen molar-refractivity contribution in [2.75, 3.05) is 18.5 Å². The highest BCUT2D eigenvalue weighted by molar-refractivity contribution is 5.50. The number of aryl methyl sites for hydroxylation is 3. The second kappa shape index (κ2) is 7.14. The Bertz CT molecular complexity index is 575. The summed E-state index contributed by atoms with van der Waals surface area (Å²) in [7, 11) is 0. The number of hydrogen-bond acceptors (Lipinski definition) is 3. The van der Waals surface area contributed by atoms with Crippen molar-refractivity contribution in [1.29, 1.82) is 0 Å².